The van der Waals surface area contributed by atoms with Crippen LogP contribution in [0.4, 0.5) is 0 Å². The number of hydrogen-bond donors (Lipinski definition) is 0. The maximum Gasteiger partial charge on any atom is 0.135 e. The van der Waals surface area contributed by atoms with Crippen molar-refractivity contribution >= 4 is 22.4 Å². The molecule has 278 valence electrons. The fraction of sp³-hybridized carbons (Fsp3) is 0.158. The van der Waals surface area contributed by atoms with Crippen molar-refractivity contribution in [2.75, 3.05) is 0 Å². The first-order valence-corrected chi connectivity index (χ1v) is 20.9. The van der Waals surface area contributed by atoms with Crippen molar-refractivity contribution in [2.45, 2.75) is 56.5 Å². The highest BCUT2D eigenvalue weighted by Gasteiger charge is 2.41. The van der Waals surface area contributed by atoms with E-state index in [4.69, 9.17) is 4.74 Å². The summed E-state index contributed by atoms with van der Waals surface area (Å²) in [5.74, 6) is 1.11. The highest BCUT2D eigenvalue weighted by Crippen LogP contribution is 2.53. The summed E-state index contributed by atoms with van der Waals surface area (Å²) in [5, 5.41) is 5.09. The van der Waals surface area contributed by atoms with Gasteiger partial charge in [-0.2, -0.15) is 0 Å². The van der Waals surface area contributed by atoms with Crippen molar-refractivity contribution in [3.05, 3.63) is 230 Å². The van der Waals surface area contributed by atoms with Crippen LogP contribution >= 0.6 is 0 Å². The first-order valence-electron chi connectivity index (χ1n) is 20.9. The smallest absolute Gasteiger partial charge is 0.135 e. The molecule has 1 nitrogen and oxygen atoms in total. The van der Waals surface area contributed by atoms with E-state index in [1.165, 1.54) is 99.1 Å². The van der Waals surface area contributed by atoms with Gasteiger partial charge in [-0.3, -0.25) is 0 Å². The number of ether oxygens (including phenoxy) is 1. The molecule has 1 aliphatic heterocycles. The van der Waals surface area contributed by atoms with Crippen LogP contribution in [0.2, 0.25) is 0 Å². The Hall–Kier alpha value is -6.44. The van der Waals surface area contributed by atoms with Gasteiger partial charge in [0.15, 0.2) is 0 Å². The highest BCUT2D eigenvalue weighted by molar-refractivity contribution is 5.88. The Bertz CT molecular complexity index is 3170. The minimum atomic E-state index is -0.125. The SMILES string of the molecule is CC1(C)c2ccccc2-c2ccc(C3=c4ccccc4=CC4c5ccc(C(c6ccc7c(c6)C(C)(C)c6ccccc6-7)c6cccc7ccccc67)cc5OC34)cc21. The molecule has 0 amide bonds. The van der Waals surface area contributed by atoms with Crippen molar-refractivity contribution in [3.63, 3.8) is 0 Å². The first-order chi connectivity index (χ1) is 28.3. The summed E-state index contributed by atoms with van der Waals surface area (Å²) >= 11 is 0. The average molecular weight is 745 g/mol. The fourth-order valence-corrected chi connectivity index (χ4v) is 11.3. The molecule has 1 heterocycles. The second-order valence-electron chi connectivity index (χ2n) is 17.9. The molecule has 12 rings (SSSR count). The molecule has 58 heavy (non-hydrogen) atoms. The van der Waals surface area contributed by atoms with Crippen LogP contribution in [-0.4, -0.2) is 6.10 Å². The topological polar surface area (TPSA) is 9.23 Å². The van der Waals surface area contributed by atoms with Gasteiger partial charge in [-0.15, -0.1) is 0 Å². The second-order valence-corrected chi connectivity index (χ2v) is 17.9. The lowest BCUT2D eigenvalue weighted by Gasteiger charge is -2.26. The quantitative estimate of drug-likeness (QED) is 0.163. The van der Waals surface area contributed by atoms with Gasteiger partial charge < -0.3 is 4.74 Å². The van der Waals surface area contributed by atoms with Crippen LogP contribution in [0.25, 0.3) is 44.7 Å². The maximum atomic E-state index is 7.30. The van der Waals surface area contributed by atoms with E-state index in [0.29, 0.717) is 0 Å². The summed E-state index contributed by atoms with van der Waals surface area (Å²) in [4.78, 5) is 0. The predicted octanol–water partition coefficient (Wildman–Crippen LogP) is 12.2. The molecule has 0 radical (unpaired) electrons. The van der Waals surface area contributed by atoms with Gasteiger partial charge in [0, 0.05) is 33.8 Å². The summed E-state index contributed by atoms with van der Waals surface area (Å²) in [6, 6.07) is 63.9. The molecule has 0 saturated heterocycles. The van der Waals surface area contributed by atoms with Crippen molar-refractivity contribution in [1.29, 1.82) is 0 Å². The zero-order valence-electron chi connectivity index (χ0n) is 33.4. The molecule has 0 aromatic heterocycles. The lowest BCUT2D eigenvalue weighted by molar-refractivity contribution is 0.281. The van der Waals surface area contributed by atoms with Crippen LogP contribution in [0.3, 0.4) is 0 Å². The van der Waals surface area contributed by atoms with Crippen molar-refractivity contribution in [1.82, 2.24) is 0 Å². The summed E-state index contributed by atoms with van der Waals surface area (Å²) in [6.07, 6.45) is 2.32. The van der Waals surface area contributed by atoms with Gasteiger partial charge in [-0.25, -0.2) is 0 Å². The first kappa shape index (κ1) is 33.7. The van der Waals surface area contributed by atoms with Gasteiger partial charge in [-0.05, 0) is 100 Å². The summed E-state index contributed by atoms with van der Waals surface area (Å²) in [7, 11) is 0. The molecule has 8 aromatic rings. The monoisotopic (exact) mass is 744 g/mol. The molecule has 8 aromatic carbocycles. The lowest BCUT2D eigenvalue weighted by Crippen LogP contribution is -2.39. The normalized spacial score (nSPS) is 18.8. The van der Waals surface area contributed by atoms with E-state index < -0.39 is 0 Å². The van der Waals surface area contributed by atoms with Crippen LogP contribution in [0, 0.1) is 0 Å². The lowest BCUT2D eigenvalue weighted by atomic mass is 9.77. The Morgan fingerprint density at radius 1 is 0.500 bits per heavy atom. The Morgan fingerprint density at radius 2 is 1.10 bits per heavy atom. The Morgan fingerprint density at radius 3 is 1.90 bits per heavy atom. The van der Waals surface area contributed by atoms with E-state index in [-0.39, 0.29) is 28.8 Å². The number of benzene rings is 8. The van der Waals surface area contributed by atoms with Crippen molar-refractivity contribution in [2.24, 2.45) is 0 Å². The average Bonchev–Trinajstić information content (AvgIpc) is 3.81. The van der Waals surface area contributed by atoms with Gasteiger partial charge in [0.05, 0.1) is 0 Å². The summed E-state index contributed by atoms with van der Waals surface area (Å²) in [6.45, 7) is 9.49. The van der Waals surface area contributed by atoms with Crippen LogP contribution in [0.5, 0.6) is 5.75 Å². The van der Waals surface area contributed by atoms with Crippen LogP contribution in [-0.2, 0) is 10.8 Å². The molecule has 3 aliphatic carbocycles. The van der Waals surface area contributed by atoms with Gasteiger partial charge in [0.25, 0.3) is 0 Å². The third kappa shape index (κ3) is 4.65. The molecular weight excluding hydrogens is 701 g/mol. The molecule has 0 fully saturated rings. The third-order valence-electron chi connectivity index (χ3n) is 14.2. The van der Waals surface area contributed by atoms with Crippen LogP contribution in [0.1, 0.15) is 89.6 Å². The fourth-order valence-electron chi connectivity index (χ4n) is 11.3. The molecular formula is C57H44O. The van der Waals surface area contributed by atoms with Crippen molar-refractivity contribution in [3.8, 4) is 28.0 Å². The summed E-state index contributed by atoms with van der Waals surface area (Å²) in [5.41, 5.74) is 18.5. The van der Waals surface area contributed by atoms with Gasteiger partial charge in [0.2, 0.25) is 0 Å². The second kappa shape index (κ2) is 12.0. The number of fused-ring (bicyclic) bond motifs is 11. The Labute approximate surface area is 340 Å². The van der Waals surface area contributed by atoms with E-state index in [9.17, 15) is 0 Å². The van der Waals surface area contributed by atoms with E-state index in [1.807, 2.05) is 0 Å². The van der Waals surface area contributed by atoms with Gasteiger partial charge in [0.1, 0.15) is 11.9 Å². The van der Waals surface area contributed by atoms with Crippen LogP contribution < -0.4 is 15.2 Å². The predicted molar refractivity (Wildman–Crippen MR) is 239 cm³/mol. The largest absolute Gasteiger partial charge is 0.484 e. The number of hydrogen-bond acceptors (Lipinski definition) is 1. The zero-order chi connectivity index (χ0) is 38.9. The maximum absolute atomic E-state index is 7.30. The third-order valence-corrected chi connectivity index (χ3v) is 14.2. The standard InChI is InChI=1S/C57H44O/c1-56(2)48-22-11-9-19-41(48)43-27-24-36(31-50(43)56)53(46-21-13-16-34-14-5-7-17-39(34)46)38-26-29-45-47-30-35-15-6-8-18-40(35)54(55(47)58-52(45)33-38)37-25-28-44-42-20-10-12-23-49(42)57(3,4)51(44)32-37/h5-33,47,53,55H,1-4H3. The van der Waals surface area contributed by atoms with E-state index in [0.717, 1.165) is 5.75 Å². The number of rotatable bonds is 4. The van der Waals surface area contributed by atoms with E-state index in [2.05, 4.69) is 204 Å². The molecule has 1 heteroatoms. The van der Waals surface area contributed by atoms with E-state index >= 15 is 0 Å². The highest BCUT2D eigenvalue weighted by atomic mass is 16.5. The Balaban J connectivity index is 1.00. The summed E-state index contributed by atoms with van der Waals surface area (Å²) < 4.78 is 7.30. The zero-order valence-corrected chi connectivity index (χ0v) is 33.4. The van der Waals surface area contributed by atoms with Crippen molar-refractivity contribution < 1.29 is 4.74 Å². The van der Waals surface area contributed by atoms with Gasteiger partial charge >= 0.3 is 0 Å². The van der Waals surface area contributed by atoms with Gasteiger partial charge in [-0.1, -0.05) is 191 Å². The molecule has 0 N–H and O–H groups in total. The minimum Gasteiger partial charge on any atom is -0.484 e. The minimum absolute atomic E-state index is 0.0117. The Kier molecular flexibility index (Phi) is 6.99. The molecule has 4 aliphatic rings. The molecule has 0 bridgehead atoms. The van der Waals surface area contributed by atoms with Crippen LogP contribution in [0.15, 0.2) is 170 Å². The molecule has 3 atom stereocenters. The van der Waals surface area contributed by atoms with E-state index in [1.54, 1.807) is 0 Å². The molecule has 0 spiro atoms. The molecule has 0 saturated carbocycles. The molecule has 3 unspecified atom stereocenters.